The Morgan fingerprint density at radius 2 is 1.87 bits per heavy atom. The summed E-state index contributed by atoms with van der Waals surface area (Å²) in [6.45, 7) is 6.32. The maximum absolute atomic E-state index is 12.7. The summed E-state index contributed by atoms with van der Waals surface area (Å²) in [7, 11) is 1.58. The third-order valence-corrected chi connectivity index (χ3v) is 5.38. The number of anilines is 1. The number of para-hydroxylation sites is 1. The van der Waals surface area contributed by atoms with Crippen LogP contribution in [0.1, 0.15) is 46.0 Å². The van der Waals surface area contributed by atoms with Gasteiger partial charge < -0.3 is 15.4 Å². The molecule has 0 unspecified atom stereocenters. The molecular formula is C24H31N3O3. The van der Waals surface area contributed by atoms with Crippen LogP contribution in [0, 0.1) is 5.92 Å². The summed E-state index contributed by atoms with van der Waals surface area (Å²) < 4.78 is 4.96. The highest BCUT2D eigenvalue weighted by Gasteiger charge is 2.17. The van der Waals surface area contributed by atoms with E-state index in [1.165, 1.54) is 18.4 Å². The normalized spacial score (nSPS) is 16.8. The molecule has 2 aromatic rings. The van der Waals surface area contributed by atoms with Gasteiger partial charge in [-0.05, 0) is 55.1 Å². The Balaban J connectivity index is 1.61. The molecule has 6 nitrogen and oxygen atoms in total. The number of likely N-dealkylation sites (tertiary alicyclic amines) is 1. The average Bonchev–Trinajstić information content (AvgIpc) is 2.75. The van der Waals surface area contributed by atoms with Gasteiger partial charge in [-0.25, -0.2) is 0 Å². The van der Waals surface area contributed by atoms with Crippen LogP contribution >= 0.6 is 0 Å². The van der Waals surface area contributed by atoms with Gasteiger partial charge in [-0.2, -0.15) is 0 Å². The molecule has 0 aliphatic carbocycles. The Morgan fingerprint density at radius 3 is 2.60 bits per heavy atom. The van der Waals surface area contributed by atoms with Crippen LogP contribution in [-0.4, -0.2) is 50.1 Å². The van der Waals surface area contributed by atoms with Gasteiger partial charge >= 0.3 is 0 Å². The molecule has 2 aromatic carbocycles. The molecule has 0 saturated carbocycles. The van der Waals surface area contributed by atoms with Crippen LogP contribution in [0.25, 0.3) is 0 Å². The van der Waals surface area contributed by atoms with E-state index in [0.29, 0.717) is 30.0 Å². The molecule has 1 saturated heterocycles. The second kappa shape index (κ2) is 10.9. The summed E-state index contributed by atoms with van der Waals surface area (Å²) in [5, 5.41) is 5.65. The van der Waals surface area contributed by atoms with Crippen molar-refractivity contribution in [1.29, 1.82) is 0 Å². The predicted molar refractivity (Wildman–Crippen MR) is 119 cm³/mol. The molecule has 1 atom stereocenters. The molecule has 1 fully saturated rings. The first kappa shape index (κ1) is 22.0. The van der Waals surface area contributed by atoms with Crippen molar-refractivity contribution in [2.24, 2.45) is 5.92 Å². The Labute approximate surface area is 178 Å². The van der Waals surface area contributed by atoms with Crippen LogP contribution in [0.15, 0.2) is 48.5 Å². The molecule has 0 spiro atoms. The van der Waals surface area contributed by atoms with Crippen LogP contribution in [0.4, 0.5) is 5.69 Å². The van der Waals surface area contributed by atoms with Crippen molar-refractivity contribution in [1.82, 2.24) is 10.2 Å². The van der Waals surface area contributed by atoms with E-state index in [0.717, 1.165) is 25.6 Å². The number of methoxy groups -OCH3 is 1. The van der Waals surface area contributed by atoms with E-state index < -0.39 is 0 Å². The summed E-state index contributed by atoms with van der Waals surface area (Å²) in [6.07, 6.45) is 2.56. The summed E-state index contributed by atoms with van der Waals surface area (Å²) in [4.78, 5) is 27.6. The van der Waals surface area contributed by atoms with Gasteiger partial charge in [0.05, 0.1) is 17.9 Å². The third kappa shape index (κ3) is 6.15. The number of carbonyl (C=O) groups is 2. The van der Waals surface area contributed by atoms with Crippen molar-refractivity contribution in [2.75, 3.05) is 38.7 Å². The first-order chi connectivity index (χ1) is 14.6. The topological polar surface area (TPSA) is 70.7 Å². The molecule has 1 aliphatic rings. The van der Waals surface area contributed by atoms with Crippen molar-refractivity contribution >= 4 is 17.5 Å². The minimum Gasteiger partial charge on any atom is -0.383 e. The van der Waals surface area contributed by atoms with Gasteiger partial charge in [-0.3, -0.25) is 14.5 Å². The Hall–Kier alpha value is -2.70. The highest BCUT2D eigenvalue weighted by molar-refractivity contribution is 6.09. The number of hydrogen-bond acceptors (Lipinski definition) is 4. The molecule has 1 heterocycles. The van der Waals surface area contributed by atoms with Gasteiger partial charge in [0.1, 0.15) is 0 Å². The lowest BCUT2D eigenvalue weighted by Crippen LogP contribution is -2.33. The third-order valence-electron chi connectivity index (χ3n) is 5.38. The first-order valence-electron chi connectivity index (χ1n) is 10.6. The Kier molecular flexibility index (Phi) is 7.99. The lowest BCUT2D eigenvalue weighted by molar-refractivity contribution is 0.0938. The summed E-state index contributed by atoms with van der Waals surface area (Å²) in [6, 6.07) is 14.7. The highest BCUT2D eigenvalue weighted by Crippen LogP contribution is 2.19. The average molecular weight is 410 g/mol. The van der Waals surface area contributed by atoms with E-state index in [-0.39, 0.29) is 11.8 Å². The SMILES string of the molecule is COCCNC(=O)c1ccccc1NC(=O)c1ccc(CN2CCC[C@@H](C)C2)cc1. The summed E-state index contributed by atoms with van der Waals surface area (Å²) >= 11 is 0. The zero-order valence-corrected chi connectivity index (χ0v) is 17.8. The Bertz CT molecular complexity index is 851. The number of piperidine rings is 1. The number of nitrogens with zero attached hydrogens (tertiary/aromatic N) is 1. The lowest BCUT2D eigenvalue weighted by Gasteiger charge is -2.30. The molecule has 6 heteroatoms. The van der Waals surface area contributed by atoms with Crippen LogP contribution in [0.2, 0.25) is 0 Å². The molecule has 0 bridgehead atoms. The van der Waals surface area contributed by atoms with Crippen molar-refractivity contribution in [3.8, 4) is 0 Å². The zero-order valence-electron chi connectivity index (χ0n) is 17.8. The lowest BCUT2D eigenvalue weighted by atomic mass is 9.99. The van der Waals surface area contributed by atoms with E-state index >= 15 is 0 Å². The maximum atomic E-state index is 12.7. The predicted octanol–water partition coefficient (Wildman–Crippen LogP) is 3.55. The standard InChI is InChI=1S/C24H31N3O3/c1-18-6-5-14-27(16-18)17-19-9-11-20(12-10-19)23(28)26-22-8-4-3-7-21(22)24(29)25-13-15-30-2/h3-4,7-12,18H,5-6,13-17H2,1-2H3,(H,25,29)(H,26,28)/t18-/m1/s1. The molecule has 0 radical (unpaired) electrons. The van der Waals surface area contributed by atoms with Crippen LogP contribution < -0.4 is 10.6 Å². The second-order valence-electron chi connectivity index (χ2n) is 7.93. The van der Waals surface area contributed by atoms with Crippen molar-refractivity contribution in [3.05, 3.63) is 65.2 Å². The summed E-state index contributed by atoms with van der Waals surface area (Å²) in [5.41, 5.74) is 2.69. The number of ether oxygens (including phenoxy) is 1. The van der Waals surface area contributed by atoms with Crippen LogP contribution in [0.5, 0.6) is 0 Å². The van der Waals surface area contributed by atoms with Gasteiger partial charge in [0, 0.05) is 32.3 Å². The fourth-order valence-electron chi connectivity index (χ4n) is 3.80. The number of hydrogen-bond donors (Lipinski definition) is 2. The number of benzene rings is 2. The van der Waals surface area contributed by atoms with Gasteiger partial charge in [0.15, 0.2) is 0 Å². The number of nitrogens with one attached hydrogen (secondary N) is 2. The monoisotopic (exact) mass is 409 g/mol. The van der Waals surface area contributed by atoms with Crippen molar-refractivity contribution in [3.63, 3.8) is 0 Å². The Morgan fingerprint density at radius 1 is 1.10 bits per heavy atom. The van der Waals surface area contributed by atoms with E-state index in [1.807, 2.05) is 24.3 Å². The fourth-order valence-corrected chi connectivity index (χ4v) is 3.80. The zero-order chi connectivity index (χ0) is 21.3. The fraction of sp³-hybridized carbons (Fsp3) is 0.417. The minimum atomic E-state index is -0.242. The van der Waals surface area contributed by atoms with E-state index in [9.17, 15) is 9.59 Å². The number of carbonyl (C=O) groups excluding carboxylic acids is 2. The quantitative estimate of drug-likeness (QED) is 0.654. The van der Waals surface area contributed by atoms with Crippen molar-refractivity contribution < 1.29 is 14.3 Å². The summed E-state index contributed by atoms with van der Waals surface area (Å²) in [5.74, 6) is 0.273. The van der Waals surface area contributed by atoms with Gasteiger partial charge in [-0.1, -0.05) is 31.2 Å². The second-order valence-corrected chi connectivity index (χ2v) is 7.93. The smallest absolute Gasteiger partial charge is 0.255 e. The molecule has 1 aliphatic heterocycles. The van der Waals surface area contributed by atoms with Crippen LogP contribution in [0.3, 0.4) is 0 Å². The highest BCUT2D eigenvalue weighted by atomic mass is 16.5. The molecule has 2 amide bonds. The van der Waals surface area contributed by atoms with E-state index in [4.69, 9.17) is 4.74 Å². The van der Waals surface area contributed by atoms with Gasteiger partial charge in [0.2, 0.25) is 0 Å². The number of rotatable bonds is 8. The number of amides is 2. The van der Waals surface area contributed by atoms with E-state index in [2.05, 4.69) is 22.5 Å². The molecule has 160 valence electrons. The minimum absolute atomic E-state index is 0.231. The molecular weight excluding hydrogens is 378 g/mol. The van der Waals surface area contributed by atoms with Gasteiger partial charge in [0.25, 0.3) is 11.8 Å². The molecule has 3 rings (SSSR count). The first-order valence-corrected chi connectivity index (χ1v) is 10.6. The molecule has 30 heavy (non-hydrogen) atoms. The molecule has 0 aromatic heterocycles. The largest absolute Gasteiger partial charge is 0.383 e. The van der Waals surface area contributed by atoms with Gasteiger partial charge in [-0.15, -0.1) is 0 Å². The van der Waals surface area contributed by atoms with Crippen LogP contribution in [-0.2, 0) is 11.3 Å². The molecule has 2 N–H and O–H groups in total. The van der Waals surface area contributed by atoms with Crippen molar-refractivity contribution in [2.45, 2.75) is 26.3 Å². The van der Waals surface area contributed by atoms with E-state index in [1.54, 1.807) is 31.4 Å². The maximum Gasteiger partial charge on any atom is 0.255 e.